The molecule has 2 heterocycles. The van der Waals surface area contributed by atoms with Gasteiger partial charge in [-0.2, -0.15) is 0 Å². The maximum absolute atomic E-state index is 13.6. The molecule has 0 saturated carbocycles. The van der Waals surface area contributed by atoms with Gasteiger partial charge in [0.25, 0.3) is 0 Å². The standard InChI is InChI=1S/C26H29FN4O4/c1-16-15-30(25(33)35-26(2,3)4)12-13-31(16)23-22(17-6-9-19(27)10-7-17)28-20-11-8-18(24(32)34-5)14-21(20)29-23/h6-11,14,16H,12-13,15H2,1-5H3/t16-/m0/s1. The molecule has 1 saturated heterocycles. The van der Waals surface area contributed by atoms with Gasteiger partial charge in [0.2, 0.25) is 0 Å². The number of fused-ring (bicyclic) bond motifs is 1. The molecule has 4 rings (SSSR count). The second-order valence-electron chi connectivity index (χ2n) is 9.57. The molecule has 1 aliphatic heterocycles. The van der Waals surface area contributed by atoms with Crippen LogP contribution in [0.5, 0.6) is 0 Å². The summed E-state index contributed by atoms with van der Waals surface area (Å²) in [7, 11) is 1.33. The summed E-state index contributed by atoms with van der Waals surface area (Å²) >= 11 is 0. The van der Waals surface area contributed by atoms with Gasteiger partial charge >= 0.3 is 12.1 Å². The number of hydrogen-bond acceptors (Lipinski definition) is 7. The summed E-state index contributed by atoms with van der Waals surface area (Å²) in [6.07, 6.45) is -0.352. The third kappa shape index (κ3) is 5.34. The molecule has 0 aliphatic carbocycles. The van der Waals surface area contributed by atoms with Gasteiger partial charge in [-0.05, 0) is 70.2 Å². The van der Waals surface area contributed by atoms with Crippen LogP contribution in [0.2, 0.25) is 0 Å². The van der Waals surface area contributed by atoms with E-state index in [-0.39, 0.29) is 18.0 Å². The highest BCUT2D eigenvalue weighted by atomic mass is 19.1. The van der Waals surface area contributed by atoms with Crippen LogP contribution < -0.4 is 4.90 Å². The Morgan fingerprint density at radius 2 is 1.74 bits per heavy atom. The van der Waals surface area contributed by atoms with Crippen LogP contribution in [0.25, 0.3) is 22.3 Å². The summed E-state index contributed by atoms with van der Waals surface area (Å²) in [6.45, 7) is 8.92. The molecule has 184 valence electrons. The number of benzene rings is 2. The van der Waals surface area contributed by atoms with Crippen molar-refractivity contribution in [3.8, 4) is 11.3 Å². The van der Waals surface area contributed by atoms with Crippen molar-refractivity contribution < 1.29 is 23.5 Å². The van der Waals surface area contributed by atoms with Gasteiger partial charge < -0.3 is 19.3 Å². The molecule has 0 unspecified atom stereocenters. The molecule has 8 nitrogen and oxygen atoms in total. The molecule has 2 aromatic carbocycles. The largest absolute Gasteiger partial charge is 0.465 e. The van der Waals surface area contributed by atoms with E-state index in [2.05, 4.69) is 4.90 Å². The van der Waals surface area contributed by atoms with E-state index >= 15 is 0 Å². The van der Waals surface area contributed by atoms with Gasteiger partial charge in [0, 0.05) is 31.2 Å². The highest BCUT2D eigenvalue weighted by Crippen LogP contribution is 2.32. The van der Waals surface area contributed by atoms with E-state index < -0.39 is 11.6 Å². The van der Waals surface area contributed by atoms with Crippen molar-refractivity contribution in [1.29, 1.82) is 0 Å². The summed E-state index contributed by atoms with van der Waals surface area (Å²) in [5, 5.41) is 0. The Morgan fingerprint density at radius 3 is 2.37 bits per heavy atom. The maximum atomic E-state index is 13.6. The molecule has 0 radical (unpaired) electrons. The van der Waals surface area contributed by atoms with Gasteiger partial charge in [-0.3, -0.25) is 0 Å². The summed E-state index contributed by atoms with van der Waals surface area (Å²) in [6, 6.07) is 11.0. The second kappa shape index (κ2) is 9.48. The number of nitrogens with zero attached hydrogens (tertiary/aromatic N) is 4. The number of halogens is 1. The Bertz CT molecular complexity index is 1260. The van der Waals surface area contributed by atoms with Crippen molar-refractivity contribution in [3.63, 3.8) is 0 Å². The van der Waals surface area contributed by atoms with Gasteiger partial charge in [-0.15, -0.1) is 0 Å². The number of esters is 1. The van der Waals surface area contributed by atoms with Gasteiger partial charge in [-0.25, -0.2) is 23.9 Å². The Morgan fingerprint density at radius 1 is 1.03 bits per heavy atom. The summed E-state index contributed by atoms with van der Waals surface area (Å²) in [5.41, 5.74) is 2.25. The van der Waals surface area contributed by atoms with Crippen molar-refractivity contribution in [2.45, 2.75) is 39.3 Å². The Labute approximate surface area is 203 Å². The summed E-state index contributed by atoms with van der Waals surface area (Å²) < 4.78 is 24.0. The van der Waals surface area contributed by atoms with Crippen molar-refractivity contribution in [2.24, 2.45) is 0 Å². The van der Waals surface area contributed by atoms with Crippen LogP contribution in [0.3, 0.4) is 0 Å². The van der Waals surface area contributed by atoms with Crippen LogP contribution in [0, 0.1) is 5.82 Å². The summed E-state index contributed by atoms with van der Waals surface area (Å²) in [5.74, 6) is -0.203. The van der Waals surface area contributed by atoms with E-state index in [1.807, 2.05) is 27.7 Å². The van der Waals surface area contributed by atoms with Crippen LogP contribution >= 0.6 is 0 Å². The van der Waals surface area contributed by atoms with Crippen LogP contribution in [-0.2, 0) is 9.47 Å². The number of anilines is 1. The zero-order chi connectivity index (χ0) is 25.3. The van der Waals surface area contributed by atoms with E-state index in [4.69, 9.17) is 19.4 Å². The fourth-order valence-electron chi connectivity index (χ4n) is 4.06. The number of carbonyl (C=O) groups excluding carboxylic acids is 2. The first-order valence-corrected chi connectivity index (χ1v) is 11.5. The van der Waals surface area contributed by atoms with Crippen LogP contribution in [-0.4, -0.2) is 65.3 Å². The highest BCUT2D eigenvalue weighted by Gasteiger charge is 2.32. The molecule has 1 aliphatic rings. The smallest absolute Gasteiger partial charge is 0.410 e. The lowest BCUT2D eigenvalue weighted by Crippen LogP contribution is -2.55. The zero-order valence-electron chi connectivity index (χ0n) is 20.5. The number of amides is 1. The molecule has 0 N–H and O–H groups in total. The lowest BCUT2D eigenvalue weighted by molar-refractivity contribution is 0.0218. The van der Waals surface area contributed by atoms with Crippen LogP contribution in [0.15, 0.2) is 42.5 Å². The molecule has 9 heteroatoms. The Balaban J connectivity index is 1.74. The number of ether oxygens (including phenoxy) is 2. The average molecular weight is 481 g/mol. The van der Waals surface area contributed by atoms with Gasteiger partial charge in [-0.1, -0.05) is 0 Å². The third-order valence-corrected chi connectivity index (χ3v) is 5.74. The molecular weight excluding hydrogens is 451 g/mol. The maximum Gasteiger partial charge on any atom is 0.410 e. The van der Waals surface area contributed by atoms with Crippen molar-refractivity contribution >= 4 is 28.9 Å². The normalized spacial score (nSPS) is 16.3. The van der Waals surface area contributed by atoms with E-state index in [0.717, 1.165) is 5.56 Å². The number of aromatic nitrogens is 2. The molecule has 1 fully saturated rings. The second-order valence-corrected chi connectivity index (χ2v) is 9.57. The lowest BCUT2D eigenvalue weighted by Gasteiger charge is -2.41. The van der Waals surface area contributed by atoms with E-state index in [1.54, 1.807) is 35.2 Å². The molecule has 1 amide bonds. The van der Waals surface area contributed by atoms with Gasteiger partial charge in [0.1, 0.15) is 17.1 Å². The topological polar surface area (TPSA) is 84.9 Å². The fourth-order valence-corrected chi connectivity index (χ4v) is 4.06. The molecule has 3 aromatic rings. The number of rotatable bonds is 3. The molecule has 1 atom stereocenters. The monoisotopic (exact) mass is 480 g/mol. The first kappa shape index (κ1) is 24.4. The minimum atomic E-state index is -0.575. The molecule has 35 heavy (non-hydrogen) atoms. The van der Waals surface area contributed by atoms with Crippen molar-refractivity contribution in [1.82, 2.24) is 14.9 Å². The van der Waals surface area contributed by atoms with Crippen molar-refractivity contribution in [2.75, 3.05) is 31.6 Å². The van der Waals surface area contributed by atoms with E-state index in [1.165, 1.54) is 19.2 Å². The fraction of sp³-hybridized carbons (Fsp3) is 0.385. The van der Waals surface area contributed by atoms with Gasteiger partial charge in [0.15, 0.2) is 5.82 Å². The number of piperazine rings is 1. The quantitative estimate of drug-likeness (QED) is 0.504. The van der Waals surface area contributed by atoms with E-state index in [0.29, 0.717) is 47.7 Å². The number of carbonyl (C=O) groups is 2. The molecule has 0 bridgehead atoms. The van der Waals surface area contributed by atoms with Gasteiger partial charge in [0.05, 0.1) is 23.7 Å². The van der Waals surface area contributed by atoms with Crippen molar-refractivity contribution in [3.05, 3.63) is 53.8 Å². The minimum Gasteiger partial charge on any atom is -0.465 e. The highest BCUT2D eigenvalue weighted by molar-refractivity contribution is 5.94. The Hall–Kier alpha value is -3.75. The number of hydrogen-bond donors (Lipinski definition) is 0. The summed E-state index contributed by atoms with van der Waals surface area (Å²) in [4.78, 5) is 38.1. The van der Waals surface area contributed by atoms with E-state index in [9.17, 15) is 14.0 Å². The predicted molar refractivity (Wildman–Crippen MR) is 131 cm³/mol. The molecule has 0 spiro atoms. The van der Waals surface area contributed by atoms with Crippen LogP contribution in [0.1, 0.15) is 38.1 Å². The first-order chi connectivity index (χ1) is 16.6. The SMILES string of the molecule is COC(=O)c1ccc2nc(-c3ccc(F)cc3)c(N3CCN(C(=O)OC(C)(C)C)C[C@@H]3C)nc2c1. The zero-order valence-corrected chi connectivity index (χ0v) is 20.5. The lowest BCUT2D eigenvalue weighted by atomic mass is 10.1. The predicted octanol–water partition coefficient (Wildman–Crippen LogP) is 4.67. The Kier molecular flexibility index (Phi) is 6.60. The molecule has 1 aromatic heterocycles. The minimum absolute atomic E-state index is 0.0917. The average Bonchev–Trinajstić information content (AvgIpc) is 2.82. The third-order valence-electron chi connectivity index (χ3n) is 5.74. The first-order valence-electron chi connectivity index (χ1n) is 11.5. The van der Waals surface area contributed by atoms with Crippen LogP contribution in [0.4, 0.5) is 15.0 Å². The molecular formula is C26H29FN4O4. The number of methoxy groups -OCH3 is 1.